The summed E-state index contributed by atoms with van der Waals surface area (Å²) in [5.74, 6) is -0.959. The molecule has 0 fully saturated rings. The molecule has 0 aromatic carbocycles. The van der Waals surface area contributed by atoms with Crippen LogP contribution in [0.3, 0.4) is 0 Å². The minimum absolute atomic E-state index is 0.104. The number of unbranched alkanes of at least 4 members (excludes halogenated alkanes) is 22. The molecule has 0 aliphatic rings. The highest BCUT2D eigenvalue weighted by molar-refractivity contribution is 5.71. The van der Waals surface area contributed by atoms with Crippen molar-refractivity contribution in [1.82, 2.24) is 0 Å². The Balaban J connectivity index is 4.46. The topological polar surface area (TPSA) is 78.9 Å². The molecule has 0 aliphatic carbocycles. The molecule has 430 valence electrons. The third kappa shape index (κ3) is 60.4. The van der Waals surface area contributed by atoms with Gasteiger partial charge in [-0.05, 0) is 135 Å². The van der Waals surface area contributed by atoms with Crippen molar-refractivity contribution in [2.45, 2.75) is 277 Å². The molecule has 1 unspecified atom stereocenters. The SMILES string of the molecule is CC/C=C\C/C=C\C/C=C\C/C=C\C/C=C\C/C=C\CCCCC(=O)OC(COC(=O)CCCCCCC/C=C\CCCCCCC)COC(=O)CCCCCCCCCCCC/C=C\C/C=C\C/C=C\C/C=C\CC. The van der Waals surface area contributed by atoms with Crippen LogP contribution in [0.1, 0.15) is 271 Å². The molecule has 0 rings (SSSR count). The zero-order valence-corrected chi connectivity index (χ0v) is 49.2. The van der Waals surface area contributed by atoms with Crippen molar-refractivity contribution >= 4 is 17.9 Å². The first kappa shape index (κ1) is 71.5. The molecular weight excluding hydrogens is 937 g/mol. The molecule has 6 nitrogen and oxygen atoms in total. The van der Waals surface area contributed by atoms with Crippen LogP contribution in [0, 0.1) is 0 Å². The monoisotopic (exact) mass is 1050 g/mol. The van der Waals surface area contributed by atoms with Gasteiger partial charge in [0.2, 0.25) is 0 Å². The molecule has 0 bridgehead atoms. The molecule has 0 amide bonds. The van der Waals surface area contributed by atoms with Crippen LogP contribution in [0.15, 0.2) is 134 Å². The summed E-state index contributed by atoms with van der Waals surface area (Å²) in [7, 11) is 0. The average molecular weight is 1050 g/mol. The highest BCUT2D eigenvalue weighted by Gasteiger charge is 2.19. The lowest BCUT2D eigenvalue weighted by Gasteiger charge is -2.18. The molecule has 6 heteroatoms. The second kappa shape index (κ2) is 63.1. The van der Waals surface area contributed by atoms with E-state index in [4.69, 9.17) is 14.2 Å². The maximum Gasteiger partial charge on any atom is 0.306 e. The van der Waals surface area contributed by atoms with Gasteiger partial charge in [-0.3, -0.25) is 14.4 Å². The number of allylic oxidation sites excluding steroid dienone is 22. The van der Waals surface area contributed by atoms with Crippen LogP contribution in [-0.4, -0.2) is 37.2 Å². The second-order valence-electron chi connectivity index (χ2n) is 20.2. The molecular formula is C70H114O6. The predicted molar refractivity (Wildman–Crippen MR) is 329 cm³/mol. The highest BCUT2D eigenvalue weighted by Crippen LogP contribution is 2.15. The average Bonchev–Trinajstić information content (AvgIpc) is 3.42. The second-order valence-corrected chi connectivity index (χ2v) is 20.2. The first-order chi connectivity index (χ1) is 37.5. The Morgan fingerprint density at radius 1 is 0.276 bits per heavy atom. The first-order valence-electron chi connectivity index (χ1n) is 31.2. The largest absolute Gasteiger partial charge is 0.462 e. The maximum atomic E-state index is 12.9. The van der Waals surface area contributed by atoms with E-state index >= 15 is 0 Å². The fraction of sp³-hybridized carbons (Fsp3) is 0.643. The number of carbonyl (C=O) groups is 3. The van der Waals surface area contributed by atoms with Gasteiger partial charge in [0.15, 0.2) is 6.10 Å². The van der Waals surface area contributed by atoms with Crippen LogP contribution in [-0.2, 0) is 28.6 Å². The molecule has 0 heterocycles. The first-order valence-corrected chi connectivity index (χ1v) is 31.2. The lowest BCUT2D eigenvalue weighted by atomic mass is 10.1. The Kier molecular flexibility index (Phi) is 59.4. The van der Waals surface area contributed by atoms with E-state index in [1.54, 1.807) is 0 Å². The minimum Gasteiger partial charge on any atom is -0.462 e. The smallest absolute Gasteiger partial charge is 0.306 e. The van der Waals surface area contributed by atoms with Gasteiger partial charge < -0.3 is 14.2 Å². The van der Waals surface area contributed by atoms with Crippen LogP contribution in [0.5, 0.6) is 0 Å². The normalized spacial score (nSPS) is 13.0. The number of ether oxygens (including phenoxy) is 3. The summed E-state index contributed by atoms with van der Waals surface area (Å²) in [5.41, 5.74) is 0. The van der Waals surface area contributed by atoms with E-state index in [-0.39, 0.29) is 37.5 Å². The predicted octanol–water partition coefficient (Wildman–Crippen LogP) is 21.4. The molecule has 0 aromatic heterocycles. The Morgan fingerprint density at radius 3 is 0.842 bits per heavy atom. The summed E-state index contributed by atoms with van der Waals surface area (Å²) in [6.07, 6.45) is 88.8. The quantitative estimate of drug-likeness (QED) is 0.0261. The molecule has 0 spiro atoms. The number of esters is 3. The van der Waals surface area contributed by atoms with Crippen molar-refractivity contribution < 1.29 is 28.6 Å². The van der Waals surface area contributed by atoms with Gasteiger partial charge >= 0.3 is 17.9 Å². The van der Waals surface area contributed by atoms with E-state index in [9.17, 15) is 14.4 Å². The van der Waals surface area contributed by atoms with Gasteiger partial charge in [-0.15, -0.1) is 0 Å². The lowest BCUT2D eigenvalue weighted by Crippen LogP contribution is -2.30. The van der Waals surface area contributed by atoms with Crippen molar-refractivity contribution in [3.8, 4) is 0 Å². The minimum atomic E-state index is -0.812. The summed E-state index contributed by atoms with van der Waals surface area (Å²) in [4.78, 5) is 38.3. The maximum absolute atomic E-state index is 12.9. The molecule has 1 atom stereocenters. The number of hydrogen-bond acceptors (Lipinski definition) is 6. The Labute approximate surface area is 468 Å². The zero-order chi connectivity index (χ0) is 55.0. The van der Waals surface area contributed by atoms with E-state index in [1.807, 2.05) is 0 Å². The van der Waals surface area contributed by atoms with Gasteiger partial charge in [0, 0.05) is 19.3 Å². The summed E-state index contributed by atoms with van der Waals surface area (Å²) in [5, 5.41) is 0. The van der Waals surface area contributed by atoms with Gasteiger partial charge in [-0.2, -0.15) is 0 Å². The lowest BCUT2D eigenvalue weighted by molar-refractivity contribution is -0.167. The number of carbonyl (C=O) groups excluding carboxylic acids is 3. The summed E-state index contributed by atoms with van der Waals surface area (Å²) in [6.45, 7) is 6.36. The number of hydrogen-bond donors (Lipinski definition) is 0. The third-order valence-electron chi connectivity index (χ3n) is 12.9. The van der Waals surface area contributed by atoms with E-state index in [2.05, 4.69) is 154 Å². The van der Waals surface area contributed by atoms with Crippen molar-refractivity contribution in [2.75, 3.05) is 13.2 Å². The standard InChI is InChI=1S/C70H114O6/c1-4-7-10-13-16-19-22-25-28-30-32-34-35-37-38-40-42-45-48-51-54-57-60-63-69(72)75-66-67(65-74-68(71)62-59-56-53-50-47-44-27-24-21-18-15-12-9-6-3)76-70(73)64-61-58-55-52-49-46-43-41-39-36-33-31-29-26-23-20-17-14-11-8-5-2/h7-8,10-11,16-17,19-20,24-29,32-34,36,41,43,49,52,67H,4-6,9,12-15,18,21-23,30-31,35,37-40,42,44-48,50-51,53-66H2,1-3H3/b10-7-,11-8-,19-16-,20-17-,27-24-,28-25-,29-26-,34-32-,36-33-,43-41-,52-49-. The molecule has 0 aliphatic heterocycles. The van der Waals surface area contributed by atoms with Gasteiger partial charge in [0.25, 0.3) is 0 Å². The fourth-order valence-electron chi connectivity index (χ4n) is 8.25. The van der Waals surface area contributed by atoms with Crippen LogP contribution in [0.25, 0.3) is 0 Å². The Hall–Kier alpha value is -4.45. The van der Waals surface area contributed by atoms with Gasteiger partial charge in [0.1, 0.15) is 13.2 Å². The summed E-state index contributed by atoms with van der Waals surface area (Å²) >= 11 is 0. The van der Waals surface area contributed by atoms with Crippen molar-refractivity contribution in [2.24, 2.45) is 0 Å². The van der Waals surface area contributed by atoms with Crippen molar-refractivity contribution in [3.05, 3.63) is 134 Å². The molecule has 76 heavy (non-hydrogen) atoms. The Bertz CT molecular complexity index is 1630. The number of rotatable bonds is 55. The molecule has 0 radical (unpaired) electrons. The fourth-order valence-corrected chi connectivity index (χ4v) is 8.25. The van der Waals surface area contributed by atoms with E-state index in [1.165, 1.54) is 96.3 Å². The zero-order valence-electron chi connectivity index (χ0n) is 49.2. The van der Waals surface area contributed by atoms with E-state index < -0.39 is 6.10 Å². The van der Waals surface area contributed by atoms with Gasteiger partial charge in [0.05, 0.1) is 0 Å². The molecule has 0 aromatic rings. The highest BCUT2D eigenvalue weighted by atomic mass is 16.6. The van der Waals surface area contributed by atoms with Crippen molar-refractivity contribution in [3.63, 3.8) is 0 Å². The van der Waals surface area contributed by atoms with Crippen LogP contribution >= 0.6 is 0 Å². The Morgan fingerprint density at radius 2 is 0.513 bits per heavy atom. The summed E-state index contributed by atoms with van der Waals surface area (Å²) in [6, 6.07) is 0. The van der Waals surface area contributed by atoms with E-state index in [0.29, 0.717) is 19.3 Å². The van der Waals surface area contributed by atoms with Gasteiger partial charge in [-0.25, -0.2) is 0 Å². The third-order valence-corrected chi connectivity index (χ3v) is 12.9. The molecule has 0 saturated heterocycles. The summed E-state index contributed by atoms with van der Waals surface area (Å²) < 4.78 is 16.9. The van der Waals surface area contributed by atoms with Crippen LogP contribution < -0.4 is 0 Å². The van der Waals surface area contributed by atoms with Crippen LogP contribution in [0.2, 0.25) is 0 Å². The molecule has 0 N–H and O–H groups in total. The van der Waals surface area contributed by atoms with Gasteiger partial charge in [-0.1, -0.05) is 251 Å². The van der Waals surface area contributed by atoms with Crippen LogP contribution in [0.4, 0.5) is 0 Å². The molecule has 0 saturated carbocycles. The van der Waals surface area contributed by atoms with E-state index in [0.717, 1.165) is 128 Å². The van der Waals surface area contributed by atoms with Crippen molar-refractivity contribution in [1.29, 1.82) is 0 Å².